The molecular formula is C19H21NO2. The Hall–Kier alpha value is -2.55. The molecular weight excluding hydrogens is 274 g/mol. The van der Waals surface area contributed by atoms with Crippen LogP contribution < -0.4 is 4.90 Å². The monoisotopic (exact) mass is 295 g/mol. The van der Waals surface area contributed by atoms with Crippen LogP contribution in [0.1, 0.15) is 22.8 Å². The van der Waals surface area contributed by atoms with Gasteiger partial charge in [0.1, 0.15) is 6.61 Å². The van der Waals surface area contributed by atoms with Gasteiger partial charge < -0.3 is 9.64 Å². The van der Waals surface area contributed by atoms with Gasteiger partial charge in [0.15, 0.2) is 0 Å². The first kappa shape index (κ1) is 15.8. The first-order valence-corrected chi connectivity index (χ1v) is 7.24. The SMILES string of the molecule is C/C(=C\COC(=O)c1ccc(N(C)C)cc1)c1ccccc1. The molecule has 0 aliphatic carbocycles. The van der Waals surface area contributed by atoms with Crippen molar-refractivity contribution in [3.05, 3.63) is 71.8 Å². The Morgan fingerprint density at radius 3 is 2.23 bits per heavy atom. The molecule has 0 amide bonds. The molecule has 0 saturated carbocycles. The van der Waals surface area contributed by atoms with E-state index in [1.54, 1.807) is 12.1 Å². The van der Waals surface area contributed by atoms with Crippen molar-refractivity contribution in [1.29, 1.82) is 0 Å². The van der Waals surface area contributed by atoms with Gasteiger partial charge in [-0.25, -0.2) is 4.79 Å². The first-order chi connectivity index (χ1) is 10.6. The van der Waals surface area contributed by atoms with Crippen LogP contribution in [0, 0.1) is 0 Å². The molecule has 0 bridgehead atoms. The Morgan fingerprint density at radius 2 is 1.64 bits per heavy atom. The van der Waals surface area contributed by atoms with Crippen LogP contribution in [-0.2, 0) is 4.74 Å². The standard InChI is InChI=1S/C19H21NO2/c1-15(16-7-5-4-6-8-16)13-14-22-19(21)17-9-11-18(12-10-17)20(2)3/h4-13H,14H2,1-3H3/b15-13+. The van der Waals surface area contributed by atoms with Gasteiger partial charge in [-0.15, -0.1) is 0 Å². The van der Waals surface area contributed by atoms with Crippen molar-refractivity contribution in [2.24, 2.45) is 0 Å². The molecule has 0 atom stereocenters. The number of allylic oxidation sites excluding steroid dienone is 1. The zero-order chi connectivity index (χ0) is 15.9. The highest BCUT2D eigenvalue weighted by Gasteiger charge is 2.06. The van der Waals surface area contributed by atoms with Gasteiger partial charge in [0.05, 0.1) is 5.56 Å². The van der Waals surface area contributed by atoms with Crippen LogP contribution >= 0.6 is 0 Å². The van der Waals surface area contributed by atoms with Gasteiger partial charge in [0, 0.05) is 19.8 Å². The van der Waals surface area contributed by atoms with E-state index in [1.807, 2.05) is 74.5 Å². The largest absolute Gasteiger partial charge is 0.458 e. The molecule has 22 heavy (non-hydrogen) atoms. The van der Waals surface area contributed by atoms with Gasteiger partial charge >= 0.3 is 5.97 Å². The molecule has 3 heteroatoms. The minimum atomic E-state index is -0.303. The summed E-state index contributed by atoms with van der Waals surface area (Å²) in [5, 5.41) is 0. The summed E-state index contributed by atoms with van der Waals surface area (Å²) in [5.74, 6) is -0.303. The fourth-order valence-electron chi connectivity index (χ4n) is 2.04. The van der Waals surface area contributed by atoms with Crippen molar-refractivity contribution in [2.75, 3.05) is 25.6 Å². The van der Waals surface area contributed by atoms with Crippen molar-refractivity contribution in [3.63, 3.8) is 0 Å². The number of nitrogens with zero attached hydrogens (tertiary/aromatic N) is 1. The Morgan fingerprint density at radius 1 is 1.00 bits per heavy atom. The van der Waals surface area contributed by atoms with Crippen LogP contribution in [0.15, 0.2) is 60.7 Å². The lowest BCUT2D eigenvalue weighted by atomic mass is 10.1. The van der Waals surface area contributed by atoms with Crippen LogP contribution in [0.4, 0.5) is 5.69 Å². The fraction of sp³-hybridized carbons (Fsp3) is 0.211. The van der Waals surface area contributed by atoms with E-state index in [-0.39, 0.29) is 12.6 Å². The van der Waals surface area contributed by atoms with Gasteiger partial charge in [0.25, 0.3) is 0 Å². The van der Waals surface area contributed by atoms with Crippen LogP contribution in [0.25, 0.3) is 5.57 Å². The number of carbonyl (C=O) groups excluding carboxylic acids is 1. The lowest BCUT2D eigenvalue weighted by Crippen LogP contribution is -2.09. The number of anilines is 1. The highest BCUT2D eigenvalue weighted by molar-refractivity contribution is 5.90. The topological polar surface area (TPSA) is 29.5 Å². The zero-order valence-corrected chi connectivity index (χ0v) is 13.2. The second kappa shape index (κ2) is 7.46. The van der Waals surface area contributed by atoms with Crippen molar-refractivity contribution in [3.8, 4) is 0 Å². The number of hydrogen-bond donors (Lipinski definition) is 0. The number of carbonyl (C=O) groups is 1. The average Bonchev–Trinajstić information content (AvgIpc) is 2.55. The normalized spacial score (nSPS) is 11.1. The second-order valence-corrected chi connectivity index (χ2v) is 5.29. The minimum Gasteiger partial charge on any atom is -0.458 e. The third-order valence-corrected chi connectivity index (χ3v) is 3.45. The molecule has 2 rings (SSSR count). The van der Waals surface area contributed by atoms with E-state index in [0.29, 0.717) is 5.56 Å². The third-order valence-electron chi connectivity index (χ3n) is 3.45. The highest BCUT2D eigenvalue weighted by Crippen LogP contribution is 2.14. The van der Waals surface area contributed by atoms with Gasteiger partial charge in [-0.2, -0.15) is 0 Å². The summed E-state index contributed by atoms with van der Waals surface area (Å²) in [6.45, 7) is 2.28. The molecule has 0 unspecified atom stereocenters. The second-order valence-electron chi connectivity index (χ2n) is 5.29. The highest BCUT2D eigenvalue weighted by atomic mass is 16.5. The summed E-state index contributed by atoms with van der Waals surface area (Å²) < 4.78 is 5.29. The first-order valence-electron chi connectivity index (χ1n) is 7.24. The fourth-order valence-corrected chi connectivity index (χ4v) is 2.04. The number of benzene rings is 2. The van der Waals surface area contributed by atoms with Gasteiger partial charge in [-0.05, 0) is 48.4 Å². The smallest absolute Gasteiger partial charge is 0.338 e. The third kappa shape index (κ3) is 4.22. The van der Waals surface area contributed by atoms with Crippen molar-refractivity contribution in [1.82, 2.24) is 0 Å². The van der Waals surface area contributed by atoms with E-state index in [4.69, 9.17) is 4.74 Å². The summed E-state index contributed by atoms with van der Waals surface area (Å²) in [5.41, 5.74) is 3.85. The van der Waals surface area contributed by atoms with Crippen molar-refractivity contribution in [2.45, 2.75) is 6.92 Å². The summed E-state index contributed by atoms with van der Waals surface area (Å²) in [6, 6.07) is 17.4. The Labute approximate surface area is 131 Å². The molecule has 2 aromatic carbocycles. The maximum atomic E-state index is 12.0. The van der Waals surface area contributed by atoms with E-state index in [9.17, 15) is 4.79 Å². The Bertz CT molecular complexity index is 643. The quantitative estimate of drug-likeness (QED) is 0.780. The van der Waals surface area contributed by atoms with Crippen LogP contribution in [0.3, 0.4) is 0 Å². The molecule has 0 heterocycles. The number of hydrogen-bond acceptors (Lipinski definition) is 3. The van der Waals surface area contributed by atoms with Crippen LogP contribution in [-0.4, -0.2) is 26.7 Å². The molecule has 114 valence electrons. The molecule has 0 spiro atoms. The average molecular weight is 295 g/mol. The van der Waals surface area contributed by atoms with Gasteiger partial charge in [-0.3, -0.25) is 0 Å². The minimum absolute atomic E-state index is 0.273. The maximum absolute atomic E-state index is 12.0. The Kier molecular flexibility index (Phi) is 5.37. The Balaban J connectivity index is 1.92. The molecule has 0 aromatic heterocycles. The van der Waals surface area contributed by atoms with Crippen LogP contribution in [0.5, 0.6) is 0 Å². The molecule has 0 aliphatic rings. The van der Waals surface area contributed by atoms with Crippen LogP contribution in [0.2, 0.25) is 0 Å². The molecule has 0 radical (unpaired) electrons. The molecule has 2 aromatic rings. The number of esters is 1. The van der Waals surface area contributed by atoms with E-state index >= 15 is 0 Å². The number of ether oxygens (including phenoxy) is 1. The molecule has 0 fully saturated rings. The molecule has 0 saturated heterocycles. The molecule has 3 nitrogen and oxygen atoms in total. The van der Waals surface area contributed by atoms with Gasteiger partial charge in [-0.1, -0.05) is 30.3 Å². The van der Waals surface area contributed by atoms with E-state index in [1.165, 1.54) is 0 Å². The zero-order valence-electron chi connectivity index (χ0n) is 13.2. The summed E-state index contributed by atoms with van der Waals surface area (Å²) in [7, 11) is 3.93. The van der Waals surface area contributed by atoms with E-state index < -0.39 is 0 Å². The summed E-state index contributed by atoms with van der Waals surface area (Å²) >= 11 is 0. The predicted molar refractivity (Wildman–Crippen MR) is 91.1 cm³/mol. The number of rotatable bonds is 5. The molecule has 0 N–H and O–H groups in total. The van der Waals surface area contributed by atoms with Gasteiger partial charge in [0.2, 0.25) is 0 Å². The lowest BCUT2D eigenvalue weighted by molar-refractivity contribution is 0.0550. The van der Waals surface area contributed by atoms with Crippen molar-refractivity contribution < 1.29 is 9.53 Å². The molecule has 0 aliphatic heterocycles. The van der Waals surface area contributed by atoms with Crippen molar-refractivity contribution >= 4 is 17.2 Å². The lowest BCUT2D eigenvalue weighted by Gasteiger charge is -2.12. The summed E-state index contributed by atoms with van der Waals surface area (Å²) in [4.78, 5) is 14.0. The summed E-state index contributed by atoms with van der Waals surface area (Å²) in [6.07, 6.45) is 1.92. The predicted octanol–water partition coefficient (Wildman–Crippen LogP) is 4.01. The van der Waals surface area contributed by atoms with E-state index in [2.05, 4.69) is 0 Å². The van der Waals surface area contributed by atoms with E-state index in [0.717, 1.165) is 16.8 Å². The maximum Gasteiger partial charge on any atom is 0.338 e.